The van der Waals surface area contributed by atoms with Crippen molar-refractivity contribution in [2.75, 3.05) is 13.1 Å². The van der Waals surface area contributed by atoms with E-state index in [0.717, 1.165) is 13.0 Å². The molecule has 1 unspecified atom stereocenters. The summed E-state index contributed by atoms with van der Waals surface area (Å²) in [6.45, 7) is 7.15. The summed E-state index contributed by atoms with van der Waals surface area (Å²) in [6, 6.07) is -0.764. The molecule has 3 amide bonds. The summed E-state index contributed by atoms with van der Waals surface area (Å²) in [5.41, 5.74) is 0. The molecule has 0 heterocycles. The second-order valence-electron chi connectivity index (χ2n) is 5.50. The van der Waals surface area contributed by atoms with Gasteiger partial charge in [-0.1, -0.05) is 51.9 Å². The molecular formula is C16H33N3O2. The van der Waals surface area contributed by atoms with Crippen molar-refractivity contribution in [2.45, 2.75) is 78.2 Å². The molecule has 0 saturated heterocycles. The quantitative estimate of drug-likeness (QED) is 0.485. The fourth-order valence-corrected chi connectivity index (χ4v) is 2.10. The summed E-state index contributed by atoms with van der Waals surface area (Å²) < 4.78 is 0. The molecule has 0 rings (SSSR count). The van der Waals surface area contributed by atoms with E-state index in [1.54, 1.807) is 6.92 Å². The van der Waals surface area contributed by atoms with Crippen LogP contribution < -0.4 is 16.0 Å². The first-order valence-corrected chi connectivity index (χ1v) is 8.43. The molecule has 0 bridgehead atoms. The van der Waals surface area contributed by atoms with E-state index in [1.807, 2.05) is 6.92 Å². The Balaban J connectivity index is 3.46. The molecule has 0 aliphatic carbocycles. The van der Waals surface area contributed by atoms with E-state index in [0.29, 0.717) is 6.54 Å². The van der Waals surface area contributed by atoms with Gasteiger partial charge in [-0.05, 0) is 26.8 Å². The second-order valence-corrected chi connectivity index (χ2v) is 5.50. The Hall–Kier alpha value is -1.10. The lowest BCUT2D eigenvalue weighted by atomic mass is 10.1. The van der Waals surface area contributed by atoms with Crippen LogP contribution in [0.15, 0.2) is 0 Å². The van der Waals surface area contributed by atoms with Crippen LogP contribution in [0.4, 0.5) is 4.79 Å². The van der Waals surface area contributed by atoms with Gasteiger partial charge >= 0.3 is 6.03 Å². The number of amides is 3. The first kappa shape index (κ1) is 19.9. The minimum atomic E-state index is -0.428. The molecule has 0 radical (unpaired) electrons. The maximum absolute atomic E-state index is 11.7. The third-order valence-electron chi connectivity index (χ3n) is 3.45. The van der Waals surface area contributed by atoms with Crippen molar-refractivity contribution in [3.8, 4) is 0 Å². The lowest BCUT2D eigenvalue weighted by Gasteiger charge is -2.13. The zero-order valence-electron chi connectivity index (χ0n) is 14.0. The third kappa shape index (κ3) is 12.4. The van der Waals surface area contributed by atoms with E-state index < -0.39 is 6.03 Å². The van der Waals surface area contributed by atoms with Crippen molar-refractivity contribution in [2.24, 2.45) is 0 Å². The SMILES string of the molecule is CCCCCCCCCCNC(C)C(=O)NC(=O)NCC. The molecule has 0 spiro atoms. The molecule has 124 valence electrons. The fourth-order valence-electron chi connectivity index (χ4n) is 2.10. The summed E-state index contributed by atoms with van der Waals surface area (Å²) in [6.07, 6.45) is 10.2. The topological polar surface area (TPSA) is 70.2 Å². The zero-order chi connectivity index (χ0) is 15.9. The van der Waals surface area contributed by atoms with Gasteiger partial charge in [0.15, 0.2) is 0 Å². The Morgan fingerprint density at radius 1 is 0.905 bits per heavy atom. The van der Waals surface area contributed by atoms with Crippen molar-refractivity contribution in [1.29, 1.82) is 0 Å². The van der Waals surface area contributed by atoms with Gasteiger partial charge < -0.3 is 10.6 Å². The molecule has 5 nitrogen and oxygen atoms in total. The van der Waals surface area contributed by atoms with Crippen LogP contribution in [0, 0.1) is 0 Å². The zero-order valence-corrected chi connectivity index (χ0v) is 14.0. The largest absolute Gasteiger partial charge is 0.338 e. The number of carbonyl (C=O) groups is 2. The van der Waals surface area contributed by atoms with E-state index in [1.165, 1.54) is 44.9 Å². The van der Waals surface area contributed by atoms with Crippen LogP contribution in [-0.4, -0.2) is 31.1 Å². The van der Waals surface area contributed by atoms with E-state index in [2.05, 4.69) is 22.9 Å². The molecular weight excluding hydrogens is 266 g/mol. The van der Waals surface area contributed by atoms with Gasteiger partial charge in [-0.3, -0.25) is 10.1 Å². The summed E-state index contributed by atoms with van der Waals surface area (Å²) in [5.74, 6) is -0.277. The predicted octanol–water partition coefficient (Wildman–Crippen LogP) is 2.95. The summed E-state index contributed by atoms with van der Waals surface area (Å²) in [7, 11) is 0. The second kappa shape index (κ2) is 13.9. The molecule has 0 aliphatic rings. The number of hydrogen-bond donors (Lipinski definition) is 3. The number of unbranched alkanes of at least 4 members (excludes halogenated alkanes) is 7. The number of urea groups is 1. The van der Waals surface area contributed by atoms with Crippen LogP contribution in [0.1, 0.15) is 72.1 Å². The van der Waals surface area contributed by atoms with Gasteiger partial charge in [0.2, 0.25) is 5.91 Å². The number of rotatable bonds is 12. The molecule has 5 heteroatoms. The van der Waals surface area contributed by atoms with Crippen LogP contribution >= 0.6 is 0 Å². The van der Waals surface area contributed by atoms with Crippen molar-refractivity contribution in [1.82, 2.24) is 16.0 Å². The minimum Gasteiger partial charge on any atom is -0.338 e. The Kier molecular flexibility index (Phi) is 13.1. The first-order chi connectivity index (χ1) is 10.1. The lowest BCUT2D eigenvalue weighted by molar-refractivity contribution is -0.121. The molecule has 0 aromatic heterocycles. The first-order valence-electron chi connectivity index (χ1n) is 8.43. The molecule has 0 aliphatic heterocycles. The maximum atomic E-state index is 11.7. The molecule has 0 aromatic rings. The Labute approximate surface area is 129 Å². The molecule has 1 atom stereocenters. The van der Waals surface area contributed by atoms with Gasteiger partial charge in [-0.2, -0.15) is 0 Å². The van der Waals surface area contributed by atoms with Crippen LogP contribution in [0.5, 0.6) is 0 Å². The van der Waals surface area contributed by atoms with Crippen molar-refractivity contribution in [3.05, 3.63) is 0 Å². The average Bonchev–Trinajstić information content (AvgIpc) is 2.45. The monoisotopic (exact) mass is 299 g/mol. The lowest BCUT2D eigenvalue weighted by Crippen LogP contribution is -2.48. The van der Waals surface area contributed by atoms with E-state index in [-0.39, 0.29) is 11.9 Å². The highest BCUT2D eigenvalue weighted by Crippen LogP contribution is 2.07. The number of hydrogen-bond acceptors (Lipinski definition) is 3. The number of imide groups is 1. The van der Waals surface area contributed by atoms with Gasteiger partial charge in [-0.25, -0.2) is 4.79 Å². The molecule has 0 aromatic carbocycles. The van der Waals surface area contributed by atoms with Crippen LogP contribution in [0.25, 0.3) is 0 Å². The minimum absolute atomic E-state index is 0.277. The summed E-state index contributed by atoms with van der Waals surface area (Å²) in [5, 5.41) is 8.00. The van der Waals surface area contributed by atoms with Gasteiger partial charge in [-0.15, -0.1) is 0 Å². The van der Waals surface area contributed by atoms with Crippen molar-refractivity contribution >= 4 is 11.9 Å². The van der Waals surface area contributed by atoms with Gasteiger partial charge in [0.25, 0.3) is 0 Å². The maximum Gasteiger partial charge on any atom is 0.321 e. The van der Waals surface area contributed by atoms with Gasteiger partial charge in [0, 0.05) is 6.54 Å². The summed E-state index contributed by atoms with van der Waals surface area (Å²) in [4.78, 5) is 22.9. The van der Waals surface area contributed by atoms with Crippen molar-refractivity contribution in [3.63, 3.8) is 0 Å². The number of carbonyl (C=O) groups excluding carboxylic acids is 2. The molecule has 3 N–H and O–H groups in total. The highest BCUT2D eigenvalue weighted by atomic mass is 16.2. The standard InChI is InChI=1S/C16H33N3O2/c1-4-6-7-8-9-10-11-12-13-18-14(3)15(20)19-16(21)17-5-2/h14,18H,4-13H2,1-3H3,(H2,17,19,20,21). The van der Waals surface area contributed by atoms with Crippen molar-refractivity contribution < 1.29 is 9.59 Å². The van der Waals surface area contributed by atoms with Crippen LogP contribution in [-0.2, 0) is 4.79 Å². The Bertz CT molecular complexity index is 283. The van der Waals surface area contributed by atoms with E-state index in [9.17, 15) is 9.59 Å². The van der Waals surface area contributed by atoms with E-state index in [4.69, 9.17) is 0 Å². The third-order valence-corrected chi connectivity index (χ3v) is 3.45. The normalized spacial score (nSPS) is 12.0. The Morgan fingerprint density at radius 2 is 1.48 bits per heavy atom. The highest BCUT2D eigenvalue weighted by Gasteiger charge is 2.14. The molecule has 21 heavy (non-hydrogen) atoms. The van der Waals surface area contributed by atoms with Gasteiger partial charge in [0.1, 0.15) is 0 Å². The Morgan fingerprint density at radius 3 is 2.05 bits per heavy atom. The predicted molar refractivity (Wildman–Crippen MR) is 87.3 cm³/mol. The van der Waals surface area contributed by atoms with Gasteiger partial charge in [0.05, 0.1) is 6.04 Å². The average molecular weight is 299 g/mol. The van der Waals surface area contributed by atoms with Crippen LogP contribution in [0.2, 0.25) is 0 Å². The highest BCUT2D eigenvalue weighted by molar-refractivity contribution is 5.96. The molecule has 0 fully saturated rings. The van der Waals surface area contributed by atoms with Crippen LogP contribution in [0.3, 0.4) is 0 Å². The summed E-state index contributed by atoms with van der Waals surface area (Å²) >= 11 is 0. The smallest absolute Gasteiger partial charge is 0.321 e. The molecule has 0 saturated carbocycles. The fraction of sp³-hybridized carbons (Fsp3) is 0.875. The number of nitrogens with one attached hydrogen (secondary N) is 3. The van der Waals surface area contributed by atoms with E-state index >= 15 is 0 Å².